The molecule has 3 rings (SSSR count). The van der Waals surface area contributed by atoms with Crippen LogP contribution in [-0.4, -0.2) is 25.3 Å². The standard InChI is InChI=1S/C18H18O3/c19-17(12-14-4-2-1-3-5-14)16-8-6-15(7-9-16)13-18-20-10-11-21-18/h1-9,18H,10-13H2. The van der Waals surface area contributed by atoms with E-state index < -0.39 is 0 Å². The maximum Gasteiger partial charge on any atom is 0.167 e. The molecule has 1 saturated heterocycles. The summed E-state index contributed by atoms with van der Waals surface area (Å²) in [5, 5.41) is 0. The summed E-state index contributed by atoms with van der Waals surface area (Å²) in [6, 6.07) is 17.5. The Morgan fingerprint density at radius 3 is 2.24 bits per heavy atom. The van der Waals surface area contributed by atoms with Crippen molar-refractivity contribution in [3.05, 3.63) is 71.3 Å². The van der Waals surface area contributed by atoms with Gasteiger partial charge >= 0.3 is 0 Å². The van der Waals surface area contributed by atoms with Crippen LogP contribution in [-0.2, 0) is 22.3 Å². The largest absolute Gasteiger partial charge is 0.350 e. The molecule has 0 unspecified atom stereocenters. The lowest BCUT2D eigenvalue weighted by atomic mass is 10.0. The molecule has 1 heterocycles. The number of ether oxygens (including phenoxy) is 2. The lowest BCUT2D eigenvalue weighted by Crippen LogP contribution is -2.11. The van der Waals surface area contributed by atoms with Crippen molar-refractivity contribution >= 4 is 5.78 Å². The molecule has 0 spiro atoms. The number of benzene rings is 2. The van der Waals surface area contributed by atoms with E-state index in [2.05, 4.69) is 0 Å². The van der Waals surface area contributed by atoms with Gasteiger partial charge in [-0.25, -0.2) is 0 Å². The molecule has 0 amide bonds. The van der Waals surface area contributed by atoms with Crippen LogP contribution in [0, 0.1) is 0 Å². The second kappa shape index (κ2) is 6.66. The molecule has 0 N–H and O–H groups in total. The van der Waals surface area contributed by atoms with Crippen LogP contribution < -0.4 is 0 Å². The Hall–Kier alpha value is -1.97. The van der Waals surface area contributed by atoms with Gasteiger partial charge in [-0.15, -0.1) is 0 Å². The van der Waals surface area contributed by atoms with E-state index in [0.717, 1.165) is 23.1 Å². The number of rotatable bonds is 5. The fraction of sp³-hybridized carbons (Fsp3) is 0.278. The van der Waals surface area contributed by atoms with E-state index in [-0.39, 0.29) is 12.1 Å². The molecule has 1 aliphatic heterocycles. The Bertz CT molecular complexity index is 584. The normalized spacial score (nSPS) is 15.2. The van der Waals surface area contributed by atoms with Crippen molar-refractivity contribution in [1.29, 1.82) is 0 Å². The average molecular weight is 282 g/mol. The van der Waals surface area contributed by atoms with Gasteiger partial charge in [-0.2, -0.15) is 0 Å². The van der Waals surface area contributed by atoms with E-state index in [4.69, 9.17) is 9.47 Å². The van der Waals surface area contributed by atoms with Gasteiger partial charge in [0.1, 0.15) is 0 Å². The van der Waals surface area contributed by atoms with Crippen molar-refractivity contribution in [1.82, 2.24) is 0 Å². The minimum atomic E-state index is -0.143. The van der Waals surface area contributed by atoms with Crippen LogP contribution in [0.25, 0.3) is 0 Å². The molecule has 0 aromatic heterocycles. The fourth-order valence-corrected chi connectivity index (χ4v) is 2.43. The van der Waals surface area contributed by atoms with E-state index in [1.165, 1.54) is 0 Å². The summed E-state index contributed by atoms with van der Waals surface area (Å²) in [4.78, 5) is 12.2. The van der Waals surface area contributed by atoms with Crippen LogP contribution in [0.5, 0.6) is 0 Å². The third-order valence-corrected chi connectivity index (χ3v) is 3.58. The summed E-state index contributed by atoms with van der Waals surface area (Å²) in [5.74, 6) is 0.140. The Labute approximate surface area is 124 Å². The topological polar surface area (TPSA) is 35.5 Å². The molecule has 2 aromatic carbocycles. The lowest BCUT2D eigenvalue weighted by molar-refractivity contribution is -0.0399. The van der Waals surface area contributed by atoms with Gasteiger partial charge in [-0.3, -0.25) is 4.79 Å². The van der Waals surface area contributed by atoms with Crippen molar-refractivity contribution in [2.45, 2.75) is 19.1 Å². The Morgan fingerprint density at radius 2 is 1.57 bits per heavy atom. The molecule has 0 radical (unpaired) electrons. The molecule has 0 aliphatic carbocycles. The second-order valence-electron chi connectivity index (χ2n) is 5.16. The highest BCUT2D eigenvalue weighted by Gasteiger charge is 2.16. The summed E-state index contributed by atoms with van der Waals surface area (Å²) in [6.45, 7) is 1.33. The predicted octanol–water partition coefficient (Wildman–Crippen LogP) is 3.03. The second-order valence-corrected chi connectivity index (χ2v) is 5.16. The third-order valence-electron chi connectivity index (χ3n) is 3.58. The van der Waals surface area contributed by atoms with Gasteiger partial charge in [-0.05, 0) is 11.1 Å². The molecule has 2 aromatic rings. The number of carbonyl (C=O) groups excluding carboxylic acids is 1. The van der Waals surface area contributed by atoms with Crippen LogP contribution >= 0.6 is 0 Å². The van der Waals surface area contributed by atoms with E-state index >= 15 is 0 Å². The highest BCUT2D eigenvalue weighted by Crippen LogP contribution is 2.14. The molecule has 0 bridgehead atoms. The van der Waals surface area contributed by atoms with Gasteiger partial charge in [0.2, 0.25) is 0 Å². The maximum absolute atomic E-state index is 12.2. The highest BCUT2D eigenvalue weighted by atomic mass is 16.7. The zero-order chi connectivity index (χ0) is 14.5. The monoisotopic (exact) mass is 282 g/mol. The average Bonchev–Trinajstić information content (AvgIpc) is 3.02. The predicted molar refractivity (Wildman–Crippen MR) is 80.3 cm³/mol. The molecule has 0 atom stereocenters. The maximum atomic E-state index is 12.2. The Morgan fingerprint density at radius 1 is 0.905 bits per heavy atom. The molecule has 1 aliphatic rings. The van der Waals surface area contributed by atoms with Crippen LogP contribution in [0.15, 0.2) is 54.6 Å². The van der Waals surface area contributed by atoms with Crippen molar-refractivity contribution in [3.8, 4) is 0 Å². The van der Waals surface area contributed by atoms with Crippen molar-refractivity contribution < 1.29 is 14.3 Å². The highest BCUT2D eigenvalue weighted by molar-refractivity contribution is 5.97. The van der Waals surface area contributed by atoms with Gasteiger partial charge in [0, 0.05) is 18.4 Å². The van der Waals surface area contributed by atoms with Gasteiger partial charge in [0.05, 0.1) is 13.2 Å². The molecule has 0 saturated carbocycles. The van der Waals surface area contributed by atoms with Crippen LogP contribution in [0.2, 0.25) is 0 Å². The van der Waals surface area contributed by atoms with Gasteiger partial charge in [0.25, 0.3) is 0 Å². The van der Waals surface area contributed by atoms with Crippen LogP contribution in [0.1, 0.15) is 21.5 Å². The lowest BCUT2D eigenvalue weighted by Gasteiger charge is -2.09. The van der Waals surface area contributed by atoms with Crippen LogP contribution in [0.4, 0.5) is 0 Å². The Kier molecular flexibility index (Phi) is 4.43. The van der Waals surface area contributed by atoms with E-state index in [0.29, 0.717) is 19.6 Å². The zero-order valence-corrected chi connectivity index (χ0v) is 11.8. The van der Waals surface area contributed by atoms with Crippen molar-refractivity contribution in [3.63, 3.8) is 0 Å². The number of ketones is 1. The summed E-state index contributed by atoms with van der Waals surface area (Å²) in [5.41, 5.74) is 2.91. The summed E-state index contributed by atoms with van der Waals surface area (Å²) in [6.07, 6.45) is 1.03. The first-order valence-corrected chi connectivity index (χ1v) is 7.20. The summed E-state index contributed by atoms with van der Waals surface area (Å²) >= 11 is 0. The first kappa shape index (κ1) is 14.0. The van der Waals surface area contributed by atoms with Gasteiger partial charge in [-0.1, -0.05) is 54.6 Å². The zero-order valence-electron chi connectivity index (χ0n) is 11.8. The third kappa shape index (κ3) is 3.78. The fourth-order valence-electron chi connectivity index (χ4n) is 2.43. The Balaban J connectivity index is 1.62. The van der Waals surface area contributed by atoms with Crippen molar-refractivity contribution in [2.24, 2.45) is 0 Å². The van der Waals surface area contributed by atoms with E-state index in [1.54, 1.807) is 0 Å². The first-order chi connectivity index (χ1) is 10.3. The SMILES string of the molecule is O=C(Cc1ccccc1)c1ccc(CC2OCCO2)cc1. The minimum Gasteiger partial charge on any atom is -0.350 e. The van der Waals surface area contributed by atoms with Gasteiger partial charge < -0.3 is 9.47 Å². The molecular formula is C18H18O3. The quantitative estimate of drug-likeness (QED) is 0.791. The number of carbonyl (C=O) groups is 1. The van der Waals surface area contributed by atoms with E-state index in [1.807, 2.05) is 54.6 Å². The molecule has 3 nitrogen and oxygen atoms in total. The number of Topliss-reactive ketones (excluding diaryl/α,β-unsaturated/α-hetero) is 1. The smallest absolute Gasteiger partial charge is 0.167 e. The molecular weight excluding hydrogens is 264 g/mol. The number of hydrogen-bond donors (Lipinski definition) is 0. The molecule has 108 valence electrons. The minimum absolute atomic E-state index is 0.140. The van der Waals surface area contributed by atoms with E-state index in [9.17, 15) is 4.79 Å². The van der Waals surface area contributed by atoms with Gasteiger partial charge in [0.15, 0.2) is 12.1 Å². The number of hydrogen-bond acceptors (Lipinski definition) is 3. The van der Waals surface area contributed by atoms with Crippen molar-refractivity contribution in [2.75, 3.05) is 13.2 Å². The van der Waals surface area contributed by atoms with Crippen LogP contribution in [0.3, 0.4) is 0 Å². The molecule has 21 heavy (non-hydrogen) atoms. The molecule has 3 heteroatoms. The first-order valence-electron chi connectivity index (χ1n) is 7.20. The summed E-state index contributed by atoms with van der Waals surface area (Å²) in [7, 11) is 0. The molecule has 1 fully saturated rings. The summed E-state index contributed by atoms with van der Waals surface area (Å²) < 4.78 is 10.8.